The van der Waals surface area contributed by atoms with Gasteiger partial charge >= 0.3 is 6.03 Å². The molecule has 1 N–H and O–H groups in total. The first-order valence-corrected chi connectivity index (χ1v) is 8.42. The summed E-state index contributed by atoms with van der Waals surface area (Å²) in [6, 6.07) is 7.42. The summed E-state index contributed by atoms with van der Waals surface area (Å²) in [6.45, 7) is 4.99. The highest BCUT2D eigenvalue weighted by atomic mass is 16.2. The van der Waals surface area contributed by atoms with Crippen LogP contribution in [0.2, 0.25) is 0 Å². The van der Waals surface area contributed by atoms with E-state index in [2.05, 4.69) is 28.2 Å². The van der Waals surface area contributed by atoms with E-state index >= 15 is 0 Å². The van der Waals surface area contributed by atoms with Gasteiger partial charge in [-0.15, -0.1) is 0 Å². The monoisotopic (exact) mass is 341 g/mol. The van der Waals surface area contributed by atoms with Crippen LogP contribution in [0.3, 0.4) is 0 Å². The van der Waals surface area contributed by atoms with Gasteiger partial charge in [-0.25, -0.2) is 4.79 Å². The van der Waals surface area contributed by atoms with E-state index in [9.17, 15) is 9.59 Å². The lowest BCUT2D eigenvalue weighted by Crippen LogP contribution is -2.50. The number of nitrogens with one attached hydrogen (secondary N) is 1. The molecule has 2 amide bonds. The molecule has 0 radical (unpaired) electrons. The average Bonchev–Trinajstić information content (AvgIpc) is 2.65. The molecule has 0 saturated carbocycles. The number of piperazine rings is 1. The van der Waals surface area contributed by atoms with E-state index in [1.165, 1.54) is 10.1 Å². The van der Waals surface area contributed by atoms with Gasteiger partial charge in [-0.3, -0.25) is 14.7 Å². The van der Waals surface area contributed by atoms with Gasteiger partial charge in [-0.1, -0.05) is 6.07 Å². The Labute approximate surface area is 146 Å². The molecule has 0 aromatic carbocycles. The van der Waals surface area contributed by atoms with Crippen molar-refractivity contribution >= 4 is 11.7 Å². The third-order valence-corrected chi connectivity index (χ3v) is 4.68. The highest BCUT2D eigenvalue weighted by molar-refractivity contribution is 5.89. The van der Waals surface area contributed by atoms with Crippen LogP contribution in [-0.4, -0.2) is 51.6 Å². The number of anilines is 1. The second-order valence-corrected chi connectivity index (χ2v) is 6.25. The van der Waals surface area contributed by atoms with Gasteiger partial charge in [0.2, 0.25) is 0 Å². The number of hydrogen-bond acceptors (Lipinski definition) is 4. The van der Waals surface area contributed by atoms with E-state index in [0.29, 0.717) is 18.8 Å². The van der Waals surface area contributed by atoms with Crippen LogP contribution in [0.15, 0.2) is 47.7 Å². The number of aryl methyl sites for hydroxylation is 1. The molecular weight excluding hydrogens is 318 g/mol. The Hall–Kier alpha value is -2.67. The number of nitrogens with zero attached hydrogens (tertiary/aromatic N) is 4. The van der Waals surface area contributed by atoms with Crippen LogP contribution in [0.5, 0.6) is 0 Å². The van der Waals surface area contributed by atoms with Gasteiger partial charge in [0, 0.05) is 57.9 Å². The normalized spacial score (nSPS) is 16.5. The molecule has 132 valence electrons. The van der Waals surface area contributed by atoms with E-state index in [1.54, 1.807) is 36.5 Å². The first kappa shape index (κ1) is 17.2. The Morgan fingerprint density at radius 2 is 1.96 bits per heavy atom. The molecule has 1 aliphatic heterocycles. The number of rotatable bonds is 3. The molecular formula is C18H23N5O2. The predicted molar refractivity (Wildman–Crippen MR) is 96.5 cm³/mol. The molecule has 1 saturated heterocycles. The Balaban J connectivity index is 1.58. The second-order valence-electron chi connectivity index (χ2n) is 6.25. The van der Waals surface area contributed by atoms with Crippen LogP contribution in [0, 0.1) is 0 Å². The van der Waals surface area contributed by atoms with Gasteiger partial charge in [-0.2, -0.15) is 0 Å². The van der Waals surface area contributed by atoms with E-state index < -0.39 is 0 Å². The summed E-state index contributed by atoms with van der Waals surface area (Å²) in [5.74, 6) is 0. The first-order chi connectivity index (χ1) is 12.1. The van der Waals surface area contributed by atoms with Gasteiger partial charge in [0.1, 0.15) is 5.69 Å². The van der Waals surface area contributed by atoms with Crippen molar-refractivity contribution < 1.29 is 4.79 Å². The molecule has 0 aliphatic carbocycles. The minimum Gasteiger partial charge on any atom is -0.322 e. The summed E-state index contributed by atoms with van der Waals surface area (Å²) in [6.07, 6.45) is 5.32. The van der Waals surface area contributed by atoms with Crippen molar-refractivity contribution in [3.8, 4) is 0 Å². The van der Waals surface area contributed by atoms with Crippen LogP contribution >= 0.6 is 0 Å². The number of carbonyl (C=O) groups excluding carboxylic acids is 1. The SMILES string of the molecule is C[C@@H](c1cccnc1)N1CCN(C(=O)Nc2cccn(C)c2=O)CC1. The lowest BCUT2D eigenvalue weighted by atomic mass is 10.1. The zero-order chi connectivity index (χ0) is 17.8. The Morgan fingerprint density at radius 1 is 1.20 bits per heavy atom. The lowest BCUT2D eigenvalue weighted by Gasteiger charge is -2.38. The Bertz CT molecular complexity index is 782. The maximum absolute atomic E-state index is 12.4. The summed E-state index contributed by atoms with van der Waals surface area (Å²) in [5, 5.41) is 2.72. The zero-order valence-electron chi connectivity index (χ0n) is 14.6. The summed E-state index contributed by atoms with van der Waals surface area (Å²) in [4.78, 5) is 32.7. The number of urea groups is 1. The first-order valence-electron chi connectivity index (χ1n) is 8.42. The lowest BCUT2D eigenvalue weighted by molar-refractivity contribution is 0.119. The van der Waals surface area contributed by atoms with E-state index in [4.69, 9.17) is 0 Å². The average molecular weight is 341 g/mol. The highest BCUT2D eigenvalue weighted by Gasteiger charge is 2.25. The van der Waals surface area contributed by atoms with Crippen molar-refractivity contribution in [2.24, 2.45) is 7.05 Å². The van der Waals surface area contributed by atoms with Gasteiger partial charge in [0.05, 0.1) is 0 Å². The summed E-state index contributed by atoms with van der Waals surface area (Å²) in [5.41, 5.74) is 1.27. The molecule has 2 aromatic rings. The number of amides is 2. The van der Waals surface area contributed by atoms with Gasteiger partial charge < -0.3 is 14.8 Å². The van der Waals surface area contributed by atoms with Crippen molar-refractivity contribution in [1.82, 2.24) is 19.4 Å². The third-order valence-electron chi connectivity index (χ3n) is 4.68. The van der Waals surface area contributed by atoms with Crippen molar-refractivity contribution in [2.75, 3.05) is 31.5 Å². The zero-order valence-corrected chi connectivity index (χ0v) is 14.6. The molecule has 2 aromatic heterocycles. The number of aromatic nitrogens is 2. The molecule has 3 heterocycles. The van der Waals surface area contributed by atoms with Crippen LogP contribution in [0.25, 0.3) is 0 Å². The van der Waals surface area contributed by atoms with Crippen LogP contribution < -0.4 is 10.9 Å². The van der Waals surface area contributed by atoms with E-state index in [0.717, 1.165) is 13.1 Å². The fourth-order valence-electron chi connectivity index (χ4n) is 3.03. The molecule has 7 nitrogen and oxygen atoms in total. The van der Waals surface area contributed by atoms with E-state index in [1.807, 2.05) is 12.3 Å². The topological polar surface area (TPSA) is 70.5 Å². The summed E-state index contributed by atoms with van der Waals surface area (Å²) < 4.78 is 1.45. The number of pyridine rings is 2. The highest BCUT2D eigenvalue weighted by Crippen LogP contribution is 2.20. The van der Waals surface area contributed by atoms with Crippen LogP contribution in [0.4, 0.5) is 10.5 Å². The van der Waals surface area contributed by atoms with Crippen LogP contribution in [0.1, 0.15) is 18.5 Å². The largest absolute Gasteiger partial charge is 0.322 e. The maximum atomic E-state index is 12.4. The van der Waals surface area contributed by atoms with Gasteiger partial charge in [-0.05, 0) is 30.7 Å². The molecule has 7 heteroatoms. The molecule has 0 unspecified atom stereocenters. The van der Waals surface area contributed by atoms with Crippen molar-refractivity contribution in [1.29, 1.82) is 0 Å². The van der Waals surface area contributed by atoms with Gasteiger partial charge in [0.15, 0.2) is 0 Å². The predicted octanol–water partition coefficient (Wildman–Crippen LogP) is 1.69. The maximum Gasteiger partial charge on any atom is 0.322 e. The van der Waals surface area contributed by atoms with Crippen molar-refractivity contribution in [2.45, 2.75) is 13.0 Å². The minimum atomic E-state index is -0.225. The quantitative estimate of drug-likeness (QED) is 0.922. The molecule has 1 atom stereocenters. The molecule has 1 aliphatic rings. The Morgan fingerprint density at radius 3 is 2.64 bits per heavy atom. The van der Waals surface area contributed by atoms with Crippen LogP contribution in [-0.2, 0) is 7.05 Å². The van der Waals surface area contributed by atoms with E-state index in [-0.39, 0.29) is 17.6 Å². The fourth-order valence-corrected chi connectivity index (χ4v) is 3.03. The fraction of sp³-hybridized carbons (Fsp3) is 0.389. The number of carbonyl (C=O) groups is 1. The molecule has 3 rings (SSSR count). The van der Waals surface area contributed by atoms with Crippen molar-refractivity contribution in [3.05, 3.63) is 58.8 Å². The molecule has 1 fully saturated rings. The smallest absolute Gasteiger partial charge is 0.322 e. The number of hydrogen-bond donors (Lipinski definition) is 1. The second kappa shape index (κ2) is 7.48. The Kier molecular flexibility index (Phi) is 5.14. The summed E-state index contributed by atoms with van der Waals surface area (Å²) >= 11 is 0. The molecule has 25 heavy (non-hydrogen) atoms. The van der Waals surface area contributed by atoms with Crippen molar-refractivity contribution in [3.63, 3.8) is 0 Å². The third kappa shape index (κ3) is 3.88. The molecule has 0 spiro atoms. The summed E-state index contributed by atoms with van der Waals surface area (Å²) in [7, 11) is 1.66. The van der Waals surface area contributed by atoms with Gasteiger partial charge in [0.25, 0.3) is 5.56 Å². The molecule has 0 bridgehead atoms. The standard InChI is InChI=1S/C18H23N5O2/c1-14(15-5-3-7-19-13-15)22-9-11-23(12-10-22)18(25)20-16-6-4-8-21(2)17(16)24/h3-8,13-14H,9-12H2,1-2H3,(H,20,25)/t14-/m0/s1. The minimum absolute atomic E-state index is 0.209.